The predicted molar refractivity (Wildman–Crippen MR) is 91.5 cm³/mol. The number of hydrogen-bond donors (Lipinski definition) is 0. The number of carbonyl (C=O) groups is 1. The van der Waals surface area contributed by atoms with Gasteiger partial charge in [-0.15, -0.1) is 11.3 Å². The normalized spacial score (nSPS) is 18.2. The van der Waals surface area contributed by atoms with Crippen LogP contribution in [0.3, 0.4) is 0 Å². The lowest BCUT2D eigenvalue weighted by Gasteiger charge is -2.31. The van der Waals surface area contributed by atoms with Gasteiger partial charge in [-0.2, -0.15) is 0 Å². The molecular formula is C17H23N3O3S. The van der Waals surface area contributed by atoms with Gasteiger partial charge in [0, 0.05) is 30.5 Å². The Kier molecular flexibility index (Phi) is 5.18. The summed E-state index contributed by atoms with van der Waals surface area (Å²) in [6.45, 7) is 7.57. The third-order valence-corrected chi connectivity index (χ3v) is 5.23. The molecule has 0 bridgehead atoms. The summed E-state index contributed by atoms with van der Waals surface area (Å²) in [6, 6.07) is 1.68. The Hall–Kier alpha value is -1.89. The molecule has 1 fully saturated rings. The van der Waals surface area contributed by atoms with Crippen LogP contribution < -0.4 is 4.74 Å². The van der Waals surface area contributed by atoms with Crippen LogP contribution in [0.1, 0.15) is 55.0 Å². The van der Waals surface area contributed by atoms with Crippen molar-refractivity contribution >= 4 is 17.2 Å². The van der Waals surface area contributed by atoms with E-state index < -0.39 is 0 Å². The molecule has 0 spiro atoms. The number of aromatic nitrogens is 2. The molecule has 3 heterocycles. The van der Waals surface area contributed by atoms with Crippen molar-refractivity contribution in [2.24, 2.45) is 0 Å². The van der Waals surface area contributed by atoms with Crippen molar-refractivity contribution in [3.63, 3.8) is 0 Å². The molecule has 1 aliphatic rings. The number of nitrogens with zero attached hydrogens (tertiary/aromatic N) is 3. The first kappa shape index (κ1) is 17.0. The quantitative estimate of drug-likeness (QED) is 0.828. The van der Waals surface area contributed by atoms with E-state index in [4.69, 9.17) is 14.2 Å². The molecule has 6 nitrogen and oxygen atoms in total. The second-order valence-electron chi connectivity index (χ2n) is 6.51. The fraction of sp³-hybridized carbons (Fsp3) is 0.588. The third-order valence-electron chi connectivity index (χ3n) is 4.20. The fourth-order valence-electron chi connectivity index (χ4n) is 2.80. The fourth-order valence-corrected chi connectivity index (χ4v) is 3.91. The van der Waals surface area contributed by atoms with Crippen molar-refractivity contribution in [1.82, 2.24) is 15.0 Å². The van der Waals surface area contributed by atoms with Crippen LogP contribution in [-0.2, 0) is 4.79 Å². The third kappa shape index (κ3) is 3.95. The summed E-state index contributed by atoms with van der Waals surface area (Å²) in [6.07, 6.45) is 2.08. The van der Waals surface area contributed by atoms with Crippen LogP contribution >= 0.6 is 11.3 Å². The highest BCUT2D eigenvalue weighted by atomic mass is 32.1. The smallest absolute Gasteiger partial charge is 0.260 e. The number of ether oxygens (including phenoxy) is 1. The van der Waals surface area contributed by atoms with Gasteiger partial charge in [0.25, 0.3) is 11.8 Å². The molecular weight excluding hydrogens is 326 g/mol. The first-order valence-corrected chi connectivity index (χ1v) is 9.20. The second kappa shape index (κ2) is 7.34. The molecule has 0 saturated carbocycles. The van der Waals surface area contributed by atoms with Crippen LogP contribution in [0.5, 0.6) is 5.88 Å². The summed E-state index contributed by atoms with van der Waals surface area (Å²) < 4.78 is 10.3. The standard InChI is InChI=1S/C17H23N3O3S/c1-11(2)14-10-24-17(18-14)13-5-4-6-20(8-13)16(21)9-22-15-7-12(3)23-19-15/h7,10-11,13H,4-6,8-9H2,1-3H3/t13-/m1/s1. The second-order valence-corrected chi connectivity index (χ2v) is 7.40. The number of hydrogen-bond acceptors (Lipinski definition) is 6. The number of likely N-dealkylation sites (tertiary alicyclic amines) is 1. The molecule has 3 rings (SSSR count). The molecule has 130 valence electrons. The number of piperidine rings is 1. The lowest BCUT2D eigenvalue weighted by Crippen LogP contribution is -2.41. The van der Waals surface area contributed by atoms with Crippen molar-refractivity contribution < 1.29 is 14.1 Å². The molecule has 1 aliphatic heterocycles. The van der Waals surface area contributed by atoms with E-state index in [9.17, 15) is 4.79 Å². The van der Waals surface area contributed by atoms with Gasteiger partial charge in [0.1, 0.15) is 5.76 Å². The van der Waals surface area contributed by atoms with E-state index in [1.165, 1.54) is 0 Å². The zero-order chi connectivity index (χ0) is 17.1. The Labute approximate surface area is 145 Å². The summed E-state index contributed by atoms with van der Waals surface area (Å²) in [5.41, 5.74) is 1.14. The number of amides is 1. The first-order chi connectivity index (χ1) is 11.5. The highest BCUT2D eigenvalue weighted by molar-refractivity contribution is 7.09. The minimum Gasteiger partial charge on any atom is -0.465 e. The topological polar surface area (TPSA) is 68.5 Å². The molecule has 0 aliphatic carbocycles. The van der Waals surface area contributed by atoms with Gasteiger partial charge in [0.2, 0.25) is 0 Å². The average Bonchev–Trinajstić information content (AvgIpc) is 3.22. The molecule has 1 amide bonds. The summed E-state index contributed by atoms with van der Waals surface area (Å²) >= 11 is 1.71. The molecule has 0 radical (unpaired) electrons. The Bertz CT molecular complexity index is 695. The van der Waals surface area contributed by atoms with Gasteiger partial charge in [-0.25, -0.2) is 4.98 Å². The van der Waals surface area contributed by atoms with Crippen LogP contribution in [0.4, 0.5) is 0 Å². The summed E-state index contributed by atoms with van der Waals surface area (Å²) in [5.74, 6) is 1.78. The molecule has 7 heteroatoms. The Morgan fingerprint density at radius 3 is 3.04 bits per heavy atom. The van der Waals surface area contributed by atoms with Gasteiger partial charge in [-0.05, 0) is 30.8 Å². The van der Waals surface area contributed by atoms with Gasteiger partial charge < -0.3 is 14.2 Å². The molecule has 2 aromatic rings. The lowest BCUT2D eigenvalue weighted by atomic mass is 9.98. The van der Waals surface area contributed by atoms with Crippen molar-refractivity contribution in [1.29, 1.82) is 0 Å². The van der Waals surface area contributed by atoms with Gasteiger partial charge in [0.15, 0.2) is 6.61 Å². The Morgan fingerprint density at radius 1 is 1.54 bits per heavy atom. The number of carbonyl (C=O) groups excluding carboxylic acids is 1. The Morgan fingerprint density at radius 2 is 2.38 bits per heavy atom. The van der Waals surface area contributed by atoms with E-state index in [-0.39, 0.29) is 12.5 Å². The van der Waals surface area contributed by atoms with E-state index in [2.05, 4.69) is 24.4 Å². The number of rotatable bonds is 5. The van der Waals surface area contributed by atoms with Crippen LogP contribution in [0.25, 0.3) is 0 Å². The highest BCUT2D eigenvalue weighted by Gasteiger charge is 2.27. The van der Waals surface area contributed by atoms with Crippen molar-refractivity contribution in [2.75, 3.05) is 19.7 Å². The first-order valence-electron chi connectivity index (χ1n) is 8.32. The minimum absolute atomic E-state index is 0.00614. The van der Waals surface area contributed by atoms with Crippen LogP contribution in [0.15, 0.2) is 16.0 Å². The van der Waals surface area contributed by atoms with E-state index in [1.54, 1.807) is 24.3 Å². The molecule has 24 heavy (non-hydrogen) atoms. The zero-order valence-corrected chi connectivity index (χ0v) is 15.1. The van der Waals surface area contributed by atoms with Crippen LogP contribution in [-0.4, -0.2) is 40.6 Å². The van der Waals surface area contributed by atoms with Crippen molar-refractivity contribution in [2.45, 2.75) is 45.4 Å². The molecule has 1 saturated heterocycles. The maximum atomic E-state index is 12.4. The summed E-state index contributed by atoms with van der Waals surface area (Å²) in [5, 5.41) is 7.02. The molecule has 0 aromatic carbocycles. The number of thiazole rings is 1. The molecule has 0 unspecified atom stereocenters. The van der Waals surface area contributed by atoms with E-state index >= 15 is 0 Å². The molecule has 2 aromatic heterocycles. The zero-order valence-electron chi connectivity index (χ0n) is 14.3. The van der Waals surface area contributed by atoms with Crippen LogP contribution in [0.2, 0.25) is 0 Å². The average molecular weight is 349 g/mol. The SMILES string of the molecule is Cc1cc(OCC(=O)N2CCC[C@@H](c3nc(C(C)C)cs3)C2)no1. The van der Waals surface area contributed by atoms with Gasteiger partial charge in [-0.3, -0.25) is 4.79 Å². The largest absolute Gasteiger partial charge is 0.465 e. The maximum absolute atomic E-state index is 12.4. The molecule has 0 N–H and O–H groups in total. The van der Waals surface area contributed by atoms with E-state index in [0.717, 1.165) is 30.1 Å². The predicted octanol–water partition coefficient (Wildman–Crippen LogP) is 3.35. The molecule has 1 atom stereocenters. The maximum Gasteiger partial charge on any atom is 0.260 e. The van der Waals surface area contributed by atoms with E-state index in [1.807, 2.05) is 4.90 Å². The number of aryl methyl sites for hydroxylation is 1. The van der Waals surface area contributed by atoms with Gasteiger partial charge >= 0.3 is 0 Å². The monoisotopic (exact) mass is 349 g/mol. The summed E-state index contributed by atoms with van der Waals surface area (Å²) in [4.78, 5) is 19.0. The van der Waals surface area contributed by atoms with Crippen molar-refractivity contribution in [3.8, 4) is 5.88 Å². The minimum atomic E-state index is -0.0130. The van der Waals surface area contributed by atoms with Gasteiger partial charge in [0.05, 0.1) is 10.7 Å². The lowest BCUT2D eigenvalue weighted by molar-refractivity contribution is -0.134. The Balaban J connectivity index is 1.56. The van der Waals surface area contributed by atoms with Crippen molar-refractivity contribution in [3.05, 3.63) is 27.9 Å². The summed E-state index contributed by atoms with van der Waals surface area (Å²) in [7, 11) is 0. The van der Waals surface area contributed by atoms with Crippen LogP contribution in [0, 0.1) is 6.92 Å². The van der Waals surface area contributed by atoms with Gasteiger partial charge in [-0.1, -0.05) is 13.8 Å². The highest BCUT2D eigenvalue weighted by Crippen LogP contribution is 2.30. The van der Waals surface area contributed by atoms with E-state index in [0.29, 0.717) is 30.0 Å².